The van der Waals surface area contributed by atoms with Crippen molar-refractivity contribution in [1.29, 1.82) is 0 Å². The van der Waals surface area contributed by atoms with E-state index in [2.05, 4.69) is 41.5 Å². The predicted octanol–water partition coefficient (Wildman–Crippen LogP) is 1.36. The van der Waals surface area contributed by atoms with E-state index in [1.807, 2.05) is 18.7 Å². The summed E-state index contributed by atoms with van der Waals surface area (Å²) in [5.74, 6) is 1.44. The molecule has 5 nitrogen and oxygen atoms in total. The van der Waals surface area contributed by atoms with Crippen LogP contribution in [0.5, 0.6) is 0 Å². The lowest BCUT2D eigenvalue weighted by molar-refractivity contribution is 0.614. The van der Waals surface area contributed by atoms with Crippen LogP contribution in [0.2, 0.25) is 0 Å². The van der Waals surface area contributed by atoms with Crippen molar-refractivity contribution >= 4 is 5.96 Å². The Morgan fingerprint density at radius 2 is 2.00 bits per heavy atom. The molecule has 0 atom stereocenters. The molecule has 0 saturated carbocycles. The van der Waals surface area contributed by atoms with Crippen molar-refractivity contribution in [3.63, 3.8) is 0 Å². The summed E-state index contributed by atoms with van der Waals surface area (Å²) in [7, 11) is 3.76. The highest BCUT2D eigenvalue weighted by Crippen LogP contribution is 2.10. The van der Waals surface area contributed by atoms with E-state index >= 15 is 0 Å². The molecule has 0 aliphatic rings. The third-order valence-corrected chi connectivity index (χ3v) is 2.99. The second-order valence-corrected chi connectivity index (χ2v) is 4.97. The molecular weight excluding hydrogens is 226 g/mol. The van der Waals surface area contributed by atoms with Crippen LogP contribution >= 0.6 is 0 Å². The molecule has 18 heavy (non-hydrogen) atoms. The lowest BCUT2D eigenvalue weighted by Crippen LogP contribution is -2.38. The summed E-state index contributed by atoms with van der Waals surface area (Å²) in [6.45, 7) is 10.1. The molecular formula is C13H25N5. The van der Waals surface area contributed by atoms with Gasteiger partial charge < -0.3 is 10.6 Å². The molecule has 0 bridgehead atoms. The van der Waals surface area contributed by atoms with Crippen molar-refractivity contribution in [1.82, 2.24) is 20.4 Å². The third-order valence-electron chi connectivity index (χ3n) is 2.99. The number of nitrogens with one attached hydrogen (secondary N) is 2. The van der Waals surface area contributed by atoms with E-state index in [1.165, 1.54) is 11.3 Å². The van der Waals surface area contributed by atoms with Gasteiger partial charge in [0, 0.05) is 38.4 Å². The topological polar surface area (TPSA) is 54.2 Å². The van der Waals surface area contributed by atoms with Gasteiger partial charge in [-0.1, -0.05) is 13.8 Å². The normalized spacial score (nSPS) is 12.1. The Morgan fingerprint density at radius 3 is 2.44 bits per heavy atom. The average Bonchev–Trinajstić information content (AvgIpc) is 2.54. The van der Waals surface area contributed by atoms with Crippen LogP contribution in [-0.4, -0.2) is 29.3 Å². The Balaban J connectivity index is 2.58. The van der Waals surface area contributed by atoms with Gasteiger partial charge in [-0.3, -0.25) is 9.67 Å². The number of hydrogen-bond acceptors (Lipinski definition) is 2. The fraction of sp³-hybridized carbons (Fsp3) is 0.692. The second kappa shape index (κ2) is 6.42. The summed E-state index contributed by atoms with van der Waals surface area (Å²) in [6.07, 6.45) is 0. The molecule has 0 spiro atoms. The van der Waals surface area contributed by atoms with E-state index in [-0.39, 0.29) is 0 Å². The summed E-state index contributed by atoms with van der Waals surface area (Å²) < 4.78 is 1.91. The number of aromatic nitrogens is 2. The third kappa shape index (κ3) is 3.75. The lowest BCUT2D eigenvalue weighted by Gasteiger charge is -2.13. The molecule has 0 aliphatic carbocycles. The second-order valence-electron chi connectivity index (χ2n) is 4.97. The number of nitrogens with zero attached hydrogens (tertiary/aromatic N) is 3. The van der Waals surface area contributed by atoms with Gasteiger partial charge in [0.25, 0.3) is 0 Å². The smallest absolute Gasteiger partial charge is 0.191 e. The van der Waals surface area contributed by atoms with E-state index < -0.39 is 0 Å². The molecule has 5 heteroatoms. The minimum Gasteiger partial charge on any atom is -0.356 e. The summed E-state index contributed by atoms with van der Waals surface area (Å²) in [5.41, 5.74) is 3.51. The van der Waals surface area contributed by atoms with Crippen LogP contribution in [-0.2, 0) is 13.6 Å². The Morgan fingerprint density at radius 1 is 1.33 bits per heavy atom. The first-order chi connectivity index (χ1) is 8.45. The number of aryl methyl sites for hydroxylation is 2. The molecule has 1 aromatic rings. The van der Waals surface area contributed by atoms with Gasteiger partial charge in [0.1, 0.15) is 0 Å². The Hall–Kier alpha value is -1.52. The van der Waals surface area contributed by atoms with Crippen LogP contribution in [0.1, 0.15) is 30.8 Å². The van der Waals surface area contributed by atoms with E-state index in [0.717, 1.165) is 24.7 Å². The van der Waals surface area contributed by atoms with Gasteiger partial charge in [-0.05, 0) is 19.8 Å². The molecule has 1 aromatic heterocycles. The van der Waals surface area contributed by atoms with Gasteiger partial charge in [-0.15, -0.1) is 0 Å². The fourth-order valence-electron chi connectivity index (χ4n) is 1.77. The van der Waals surface area contributed by atoms with Crippen molar-refractivity contribution in [2.24, 2.45) is 18.0 Å². The van der Waals surface area contributed by atoms with Crippen molar-refractivity contribution in [2.75, 3.05) is 13.6 Å². The summed E-state index contributed by atoms with van der Waals surface area (Å²) in [6, 6.07) is 0. The van der Waals surface area contributed by atoms with Gasteiger partial charge >= 0.3 is 0 Å². The molecule has 102 valence electrons. The number of aliphatic imine (C=N–C) groups is 1. The summed E-state index contributed by atoms with van der Waals surface area (Å²) >= 11 is 0. The maximum atomic E-state index is 4.40. The zero-order chi connectivity index (χ0) is 13.7. The van der Waals surface area contributed by atoms with Crippen LogP contribution in [0.25, 0.3) is 0 Å². The maximum Gasteiger partial charge on any atom is 0.191 e. The largest absolute Gasteiger partial charge is 0.356 e. The monoisotopic (exact) mass is 251 g/mol. The molecule has 0 saturated heterocycles. The fourth-order valence-corrected chi connectivity index (χ4v) is 1.77. The Kier molecular flexibility index (Phi) is 5.19. The molecule has 1 rings (SSSR count). The highest BCUT2D eigenvalue weighted by atomic mass is 15.3. The molecule has 0 aliphatic heterocycles. The summed E-state index contributed by atoms with van der Waals surface area (Å²) in [5, 5.41) is 11.0. The molecule has 1 heterocycles. The van der Waals surface area contributed by atoms with Gasteiger partial charge in [0.15, 0.2) is 5.96 Å². The van der Waals surface area contributed by atoms with Crippen LogP contribution in [0, 0.1) is 19.8 Å². The molecule has 0 fully saturated rings. The highest BCUT2D eigenvalue weighted by Gasteiger charge is 2.09. The number of hydrogen-bond donors (Lipinski definition) is 2. The van der Waals surface area contributed by atoms with Crippen LogP contribution < -0.4 is 10.6 Å². The van der Waals surface area contributed by atoms with Crippen molar-refractivity contribution in [3.05, 3.63) is 17.0 Å². The van der Waals surface area contributed by atoms with E-state index in [0.29, 0.717) is 5.92 Å². The summed E-state index contributed by atoms with van der Waals surface area (Å²) in [4.78, 5) is 4.21. The molecule has 0 radical (unpaired) electrons. The Labute approximate surface area is 110 Å². The average molecular weight is 251 g/mol. The number of rotatable bonds is 4. The Bertz CT molecular complexity index is 417. The van der Waals surface area contributed by atoms with E-state index in [1.54, 1.807) is 7.05 Å². The molecule has 0 amide bonds. The van der Waals surface area contributed by atoms with Gasteiger partial charge in [-0.2, -0.15) is 5.10 Å². The molecule has 0 unspecified atom stereocenters. The highest BCUT2D eigenvalue weighted by molar-refractivity contribution is 5.79. The first-order valence-corrected chi connectivity index (χ1v) is 6.39. The maximum absolute atomic E-state index is 4.40. The van der Waals surface area contributed by atoms with Crippen LogP contribution in [0.4, 0.5) is 0 Å². The van der Waals surface area contributed by atoms with Crippen LogP contribution in [0.15, 0.2) is 4.99 Å². The number of guanidine groups is 1. The van der Waals surface area contributed by atoms with Crippen LogP contribution in [0.3, 0.4) is 0 Å². The molecule has 2 N–H and O–H groups in total. The predicted molar refractivity (Wildman–Crippen MR) is 75.7 cm³/mol. The van der Waals surface area contributed by atoms with E-state index in [4.69, 9.17) is 0 Å². The van der Waals surface area contributed by atoms with Gasteiger partial charge in [-0.25, -0.2) is 0 Å². The lowest BCUT2D eigenvalue weighted by atomic mass is 10.2. The quantitative estimate of drug-likeness (QED) is 0.627. The van der Waals surface area contributed by atoms with Gasteiger partial charge in [0.05, 0.1) is 5.69 Å². The van der Waals surface area contributed by atoms with Crippen molar-refractivity contribution in [2.45, 2.75) is 34.2 Å². The zero-order valence-electron chi connectivity index (χ0n) is 12.3. The first-order valence-electron chi connectivity index (χ1n) is 6.39. The molecule has 0 aromatic carbocycles. The minimum atomic E-state index is 0.602. The minimum absolute atomic E-state index is 0.602. The first kappa shape index (κ1) is 14.5. The standard InChI is InChI=1S/C13H25N5/c1-9(2)7-15-13(14-5)16-8-12-10(3)17-18(6)11(12)4/h9H,7-8H2,1-6H3,(H2,14,15,16). The van der Waals surface area contributed by atoms with Crippen molar-refractivity contribution in [3.8, 4) is 0 Å². The zero-order valence-corrected chi connectivity index (χ0v) is 12.3. The SMILES string of the molecule is CN=C(NCc1c(C)nn(C)c1C)NCC(C)C. The van der Waals surface area contributed by atoms with Crippen molar-refractivity contribution < 1.29 is 0 Å². The van der Waals surface area contributed by atoms with E-state index in [9.17, 15) is 0 Å². The van der Waals surface area contributed by atoms with Gasteiger partial charge in [0.2, 0.25) is 0 Å².